The van der Waals surface area contributed by atoms with Crippen LogP contribution in [0.2, 0.25) is 0 Å². The predicted octanol–water partition coefficient (Wildman–Crippen LogP) is 1.53. The second kappa shape index (κ2) is 7.05. The summed E-state index contributed by atoms with van der Waals surface area (Å²) in [7, 11) is -3.51. The highest BCUT2D eigenvalue weighted by molar-refractivity contribution is 7.89. The largest absolute Gasteiger partial charge is 0.337 e. The number of nitrogens with two attached hydrogens (primary N) is 1. The van der Waals surface area contributed by atoms with Crippen LogP contribution in [0.3, 0.4) is 0 Å². The second-order valence-corrected chi connectivity index (χ2v) is 9.53. The van der Waals surface area contributed by atoms with Gasteiger partial charge in [0.2, 0.25) is 10.0 Å². The lowest BCUT2D eigenvalue weighted by Gasteiger charge is -2.34. The molecule has 0 spiro atoms. The molecule has 1 aromatic rings. The highest BCUT2D eigenvalue weighted by Gasteiger charge is 2.32. The Morgan fingerprint density at radius 1 is 1.08 bits per heavy atom. The third-order valence-corrected chi connectivity index (χ3v) is 6.93. The number of piperidine rings is 1. The summed E-state index contributed by atoms with van der Waals surface area (Å²) in [6.45, 7) is 6.49. The zero-order chi connectivity index (χ0) is 18.2. The maximum Gasteiger partial charge on any atom is 0.253 e. The first-order valence-corrected chi connectivity index (χ1v) is 10.4. The Labute approximate surface area is 150 Å². The molecule has 0 bridgehead atoms. The number of carbonyl (C=O) groups is 1. The van der Waals surface area contributed by atoms with E-state index in [0.29, 0.717) is 43.6 Å². The molecule has 2 heterocycles. The Morgan fingerprint density at radius 2 is 1.68 bits per heavy atom. The van der Waals surface area contributed by atoms with Gasteiger partial charge in [0.1, 0.15) is 0 Å². The summed E-state index contributed by atoms with van der Waals surface area (Å²) >= 11 is 0. The first kappa shape index (κ1) is 18.4. The van der Waals surface area contributed by atoms with Crippen molar-refractivity contribution in [3.63, 3.8) is 0 Å². The third kappa shape index (κ3) is 3.88. The molecular weight excluding hydrogens is 338 g/mol. The van der Waals surface area contributed by atoms with Gasteiger partial charge in [-0.3, -0.25) is 4.79 Å². The molecule has 7 heteroatoms. The maximum atomic E-state index is 12.9. The van der Waals surface area contributed by atoms with E-state index in [9.17, 15) is 13.2 Å². The molecule has 0 aliphatic carbocycles. The van der Waals surface area contributed by atoms with Crippen molar-refractivity contribution in [2.75, 3.05) is 26.2 Å². The van der Waals surface area contributed by atoms with Crippen LogP contribution in [0.15, 0.2) is 29.2 Å². The van der Waals surface area contributed by atoms with E-state index in [1.165, 1.54) is 0 Å². The van der Waals surface area contributed by atoms with Crippen LogP contribution in [-0.2, 0) is 10.0 Å². The van der Waals surface area contributed by atoms with E-state index >= 15 is 0 Å². The van der Waals surface area contributed by atoms with Crippen LogP contribution >= 0.6 is 0 Å². The van der Waals surface area contributed by atoms with Crippen LogP contribution in [-0.4, -0.2) is 55.8 Å². The molecule has 2 N–H and O–H groups in total. The van der Waals surface area contributed by atoms with Crippen molar-refractivity contribution in [3.05, 3.63) is 29.8 Å². The lowest BCUT2D eigenvalue weighted by atomic mass is 9.94. The van der Waals surface area contributed by atoms with Gasteiger partial charge in [-0.25, -0.2) is 8.42 Å². The van der Waals surface area contributed by atoms with E-state index < -0.39 is 10.0 Å². The molecule has 0 aromatic heterocycles. The molecule has 0 radical (unpaired) electrons. The van der Waals surface area contributed by atoms with Crippen LogP contribution in [0.1, 0.15) is 37.0 Å². The van der Waals surface area contributed by atoms with Crippen molar-refractivity contribution in [1.82, 2.24) is 9.21 Å². The summed E-state index contributed by atoms with van der Waals surface area (Å²) < 4.78 is 27.3. The van der Waals surface area contributed by atoms with Gasteiger partial charge in [-0.1, -0.05) is 13.8 Å². The zero-order valence-electron chi connectivity index (χ0n) is 14.9. The molecule has 138 valence electrons. The van der Waals surface area contributed by atoms with Gasteiger partial charge in [-0.05, 0) is 48.9 Å². The van der Waals surface area contributed by atoms with Crippen molar-refractivity contribution in [3.8, 4) is 0 Å². The van der Waals surface area contributed by atoms with Crippen LogP contribution in [0.4, 0.5) is 0 Å². The van der Waals surface area contributed by atoms with Crippen molar-refractivity contribution >= 4 is 15.9 Å². The standard InChI is InChI=1S/C18H27N3O3S/c1-13-9-14(2)11-21(10-13)25(23,24)17-5-3-15(4-6-17)18(22)20-8-7-16(19)12-20/h3-6,13-14,16H,7-12,19H2,1-2H3/t13?,14?,16-/m1/s1. The van der Waals surface area contributed by atoms with Gasteiger partial charge < -0.3 is 10.6 Å². The fraction of sp³-hybridized carbons (Fsp3) is 0.611. The van der Waals surface area contributed by atoms with E-state index in [1.54, 1.807) is 33.5 Å². The highest BCUT2D eigenvalue weighted by atomic mass is 32.2. The molecule has 0 saturated carbocycles. The Balaban J connectivity index is 1.76. The van der Waals surface area contributed by atoms with Crippen LogP contribution < -0.4 is 5.73 Å². The van der Waals surface area contributed by atoms with Crippen LogP contribution in [0.5, 0.6) is 0 Å². The molecule has 2 aliphatic heterocycles. The summed E-state index contributed by atoms with van der Waals surface area (Å²) in [6.07, 6.45) is 1.86. The van der Waals surface area contributed by atoms with Gasteiger partial charge in [-0.15, -0.1) is 0 Å². The molecule has 6 nitrogen and oxygen atoms in total. The van der Waals surface area contributed by atoms with Gasteiger partial charge in [0.25, 0.3) is 5.91 Å². The normalized spacial score (nSPS) is 28.3. The monoisotopic (exact) mass is 365 g/mol. The first-order chi connectivity index (χ1) is 11.8. The van der Waals surface area contributed by atoms with Gasteiger partial charge in [0, 0.05) is 37.8 Å². The lowest BCUT2D eigenvalue weighted by molar-refractivity contribution is 0.0791. The van der Waals surface area contributed by atoms with Gasteiger partial charge in [0.15, 0.2) is 0 Å². The minimum atomic E-state index is -3.51. The average Bonchev–Trinajstić information content (AvgIpc) is 3.00. The molecule has 1 amide bonds. The first-order valence-electron chi connectivity index (χ1n) is 8.92. The summed E-state index contributed by atoms with van der Waals surface area (Å²) in [5, 5.41) is 0. The molecule has 3 atom stereocenters. The molecule has 3 rings (SSSR count). The highest BCUT2D eigenvalue weighted by Crippen LogP contribution is 2.27. The lowest BCUT2D eigenvalue weighted by Crippen LogP contribution is -2.42. The maximum absolute atomic E-state index is 12.9. The number of rotatable bonds is 3. The van der Waals surface area contributed by atoms with E-state index in [0.717, 1.165) is 12.8 Å². The molecule has 2 fully saturated rings. The number of benzene rings is 1. The van der Waals surface area contributed by atoms with Crippen molar-refractivity contribution < 1.29 is 13.2 Å². The van der Waals surface area contributed by atoms with Crippen molar-refractivity contribution in [1.29, 1.82) is 0 Å². The Bertz CT molecular complexity index is 722. The smallest absolute Gasteiger partial charge is 0.253 e. The SMILES string of the molecule is CC1CC(C)CN(S(=O)(=O)c2ccc(C(=O)N3CC[C@@H](N)C3)cc2)C1. The second-order valence-electron chi connectivity index (χ2n) is 7.59. The number of nitrogens with zero attached hydrogens (tertiary/aromatic N) is 2. The molecule has 1 aromatic carbocycles. The van der Waals surface area contributed by atoms with Crippen molar-refractivity contribution in [2.45, 2.75) is 37.6 Å². The van der Waals surface area contributed by atoms with E-state index in [4.69, 9.17) is 5.73 Å². The van der Waals surface area contributed by atoms with E-state index in [1.807, 2.05) is 0 Å². The number of carbonyl (C=O) groups excluding carboxylic acids is 1. The Kier molecular flexibility index (Phi) is 5.18. The number of amides is 1. The Hall–Kier alpha value is -1.44. The minimum Gasteiger partial charge on any atom is -0.337 e. The predicted molar refractivity (Wildman–Crippen MR) is 96.6 cm³/mol. The fourth-order valence-corrected chi connectivity index (χ4v) is 5.55. The fourth-order valence-electron chi connectivity index (χ4n) is 3.87. The average molecular weight is 365 g/mol. The number of sulfonamides is 1. The summed E-state index contributed by atoms with van der Waals surface area (Å²) in [6, 6.07) is 6.34. The van der Waals surface area contributed by atoms with Crippen LogP contribution in [0, 0.1) is 11.8 Å². The summed E-state index contributed by atoms with van der Waals surface area (Å²) in [5.41, 5.74) is 6.36. The third-order valence-electron chi connectivity index (χ3n) is 5.09. The molecule has 2 aliphatic rings. The molecule has 25 heavy (non-hydrogen) atoms. The van der Waals surface area contributed by atoms with Gasteiger partial charge in [0.05, 0.1) is 4.90 Å². The number of likely N-dealkylation sites (tertiary alicyclic amines) is 1. The number of hydrogen-bond donors (Lipinski definition) is 1. The van der Waals surface area contributed by atoms with Crippen LogP contribution in [0.25, 0.3) is 0 Å². The number of hydrogen-bond acceptors (Lipinski definition) is 4. The summed E-state index contributed by atoms with van der Waals surface area (Å²) in [4.78, 5) is 14.4. The van der Waals surface area contributed by atoms with Gasteiger partial charge in [-0.2, -0.15) is 4.31 Å². The summed E-state index contributed by atoms with van der Waals surface area (Å²) in [5.74, 6) is 0.634. The quantitative estimate of drug-likeness (QED) is 0.880. The minimum absolute atomic E-state index is 0.0340. The van der Waals surface area contributed by atoms with Crippen molar-refractivity contribution in [2.24, 2.45) is 17.6 Å². The zero-order valence-corrected chi connectivity index (χ0v) is 15.7. The van der Waals surface area contributed by atoms with Gasteiger partial charge >= 0.3 is 0 Å². The topological polar surface area (TPSA) is 83.7 Å². The van der Waals surface area contributed by atoms with E-state index in [2.05, 4.69) is 13.8 Å². The molecule has 2 saturated heterocycles. The Morgan fingerprint density at radius 3 is 2.20 bits per heavy atom. The molecule has 2 unspecified atom stereocenters. The van der Waals surface area contributed by atoms with E-state index in [-0.39, 0.29) is 16.8 Å². The molecular formula is C18H27N3O3S.